The normalized spacial score (nSPS) is 15.6. The summed E-state index contributed by atoms with van der Waals surface area (Å²) in [6, 6.07) is 12.5. The van der Waals surface area contributed by atoms with Crippen molar-refractivity contribution in [1.82, 2.24) is 14.9 Å². The summed E-state index contributed by atoms with van der Waals surface area (Å²) in [5.41, 5.74) is 0.897. The third-order valence-electron chi connectivity index (χ3n) is 5.10. The number of hydrogen-bond donors (Lipinski definition) is 1. The summed E-state index contributed by atoms with van der Waals surface area (Å²) in [5.74, 6) is -0.484. The number of anilines is 1. The van der Waals surface area contributed by atoms with Crippen molar-refractivity contribution >= 4 is 40.4 Å². The third-order valence-corrected chi connectivity index (χ3v) is 6.53. The van der Waals surface area contributed by atoms with Crippen molar-refractivity contribution in [3.8, 4) is 0 Å². The fraction of sp³-hybridized carbons (Fsp3) is 0.333. The number of nitrogens with zero attached hydrogens (tertiary/aromatic N) is 3. The molecule has 1 saturated carbocycles. The van der Waals surface area contributed by atoms with E-state index in [2.05, 4.69) is 14.9 Å². The van der Waals surface area contributed by atoms with E-state index in [1.54, 1.807) is 10.3 Å². The lowest BCUT2D eigenvalue weighted by Crippen LogP contribution is -2.47. The van der Waals surface area contributed by atoms with Gasteiger partial charge in [-0.3, -0.25) is 14.5 Å². The molecule has 2 amide bonds. The number of carbonyl (C=O) groups is 2. The fourth-order valence-electron chi connectivity index (χ4n) is 3.70. The van der Waals surface area contributed by atoms with Crippen molar-refractivity contribution in [2.45, 2.75) is 44.2 Å². The van der Waals surface area contributed by atoms with Gasteiger partial charge in [0, 0.05) is 22.0 Å². The number of aromatic nitrogens is 2. The molecule has 29 heavy (non-hydrogen) atoms. The van der Waals surface area contributed by atoms with Gasteiger partial charge in [-0.25, -0.2) is 0 Å². The molecule has 8 heteroatoms. The smallest absolute Gasteiger partial charge is 0.280 e. The highest BCUT2D eigenvalue weighted by atomic mass is 32.1. The molecule has 0 radical (unpaired) electrons. The standard InChI is InChI=1S/C21H22N4O2S2/c26-20(22-15-8-3-1-4-9-15)19(18-12-7-13-28-18)25(16-10-5-2-6-11-16)21(27)17-14-29-24-23-17/h2,5-7,10-15,19H,1,3-4,8-9H2,(H,22,26). The largest absolute Gasteiger partial charge is 0.351 e. The molecule has 0 saturated heterocycles. The first kappa shape index (κ1) is 19.7. The molecule has 1 unspecified atom stereocenters. The van der Waals surface area contributed by atoms with E-state index in [0.29, 0.717) is 5.69 Å². The lowest BCUT2D eigenvalue weighted by molar-refractivity contribution is -0.123. The second-order valence-electron chi connectivity index (χ2n) is 7.06. The number of hydrogen-bond acceptors (Lipinski definition) is 6. The highest BCUT2D eigenvalue weighted by molar-refractivity contribution is 7.10. The molecule has 3 aromatic rings. The predicted molar refractivity (Wildman–Crippen MR) is 115 cm³/mol. The van der Waals surface area contributed by atoms with Gasteiger partial charge in [0.05, 0.1) is 0 Å². The third kappa shape index (κ3) is 4.54. The van der Waals surface area contributed by atoms with Crippen molar-refractivity contribution in [3.05, 3.63) is 63.8 Å². The highest BCUT2D eigenvalue weighted by Crippen LogP contribution is 2.32. The maximum atomic E-state index is 13.5. The number of nitrogens with one attached hydrogen (secondary N) is 1. The Morgan fingerprint density at radius 1 is 1.07 bits per heavy atom. The van der Waals surface area contributed by atoms with Gasteiger partial charge in [0.25, 0.3) is 5.91 Å². The van der Waals surface area contributed by atoms with Crippen LogP contribution in [-0.4, -0.2) is 27.4 Å². The average Bonchev–Trinajstić information content (AvgIpc) is 3.47. The number of thiophene rings is 1. The number of rotatable bonds is 6. The zero-order valence-electron chi connectivity index (χ0n) is 15.9. The summed E-state index contributed by atoms with van der Waals surface area (Å²) in [6.07, 6.45) is 5.43. The molecule has 1 aliphatic rings. The van der Waals surface area contributed by atoms with Crippen LogP contribution in [0.3, 0.4) is 0 Å². The first-order chi connectivity index (χ1) is 14.2. The Kier molecular flexibility index (Phi) is 6.31. The minimum Gasteiger partial charge on any atom is -0.351 e. The Morgan fingerprint density at radius 3 is 2.52 bits per heavy atom. The molecule has 150 valence electrons. The SMILES string of the molecule is O=C(NC1CCCCC1)C(c1cccs1)N(C(=O)c1csnn1)c1ccccc1. The Morgan fingerprint density at radius 2 is 1.86 bits per heavy atom. The molecule has 1 atom stereocenters. The Bertz CT molecular complexity index is 923. The van der Waals surface area contributed by atoms with E-state index in [1.165, 1.54) is 17.8 Å². The zero-order chi connectivity index (χ0) is 20.1. The number of benzene rings is 1. The van der Waals surface area contributed by atoms with Gasteiger partial charge in [-0.15, -0.1) is 16.4 Å². The van der Waals surface area contributed by atoms with E-state index in [1.807, 2.05) is 47.8 Å². The highest BCUT2D eigenvalue weighted by Gasteiger charge is 2.36. The lowest BCUT2D eigenvalue weighted by atomic mass is 9.95. The van der Waals surface area contributed by atoms with Gasteiger partial charge in [0.2, 0.25) is 5.91 Å². The van der Waals surface area contributed by atoms with E-state index in [-0.39, 0.29) is 23.6 Å². The van der Waals surface area contributed by atoms with Gasteiger partial charge in [-0.1, -0.05) is 48.0 Å². The van der Waals surface area contributed by atoms with Crippen LogP contribution in [-0.2, 0) is 4.79 Å². The molecule has 6 nitrogen and oxygen atoms in total. The monoisotopic (exact) mass is 426 g/mol. The maximum Gasteiger partial charge on any atom is 0.280 e. The minimum absolute atomic E-state index is 0.153. The van der Waals surface area contributed by atoms with Gasteiger partial charge in [0.1, 0.15) is 0 Å². The molecule has 0 aliphatic heterocycles. The summed E-state index contributed by atoms with van der Waals surface area (Å²) >= 11 is 2.59. The molecule has 1 aromatic carbocycles. The van der Waals surface area contributed by atoms with Crippen molar-refractivity contribution < 1.29 is 9.59 Å². The molecule has 2 heterocycles. The van der Waals surface area contributed by atoms with E-state index in [9.17, 15) is 9.59 Å². The van der Waals surface area contributed by atoms with Crippen LogP contribution in [0.5, 0.6) is 0 Å². The van der Waals surface area contributed by atoms with Crippen molar-refractivity contribution in [1.29, 1.82) is 0 Å². The number of carbonyl (C=O) groups excluding carboxylic acids is 2. The van der Waals surface area contributed by atoms with Crippen LogP contribution in [0, 0.1) is 0 Å². The molecule has 0 bridgehead atoms. The molecule has 0 spiro atoms. The van der Waals surface area contributed by atoms with Crippen molar-refractivity contribution in [2.24, 2.45) is 0 Å². The number of amides is 2. The zero-order valence-corrected chi connectivity index (χ0v) is 17.5. The molecule has 1 fully saturated rings. The van der Waals surface area contributed by atoms with Gasteiger partial charge < -0.3 is 5.32 Å². The molecule has 2 aromatic heterocycles. The molecule has 4 rings (SSSR count). The molecule has 1 aliphatic carbocycles. The van der Waals surface area contributed by atoms with Crippen LogP contribution in [0.1, 0.15) is 53.5 Å². The Labute approximate surface area is 177 Å². The van der Waals surface area contributed by atoms with Gasteiger partial charge in [-0.05, 0) is 48.0 Å². The second-order valence-corrected chi connectivity index (χ2v) is 8.65. The summed E-state index contributed by atoms with van der Waals surface area (Å²) in [7, 11) is 0. The van der Waals surface area contributed by atoms with Crippen LogP contribution in [0.2, 0.25) is 0 Å². The minimum atomic E-state index is -0.756. The molecular formula is C21H22N4O2S2. The Hall–Kier alpha value is -2.58. The van der Waals surface area contributed by atoms with E-state index in [0.717, 1.165) is 42.1 Å². The second kappa shape index (κ2) is 9.28. The van der Waals surface area contributed by atoms with Crippen LogP contribution < -0.4 is 10.2 Å². The lowest BCUT2D eigenvalue weighted by Gasteiger charge is -2.32. The topological polar surface area (TPSA) is 75.2 Å². The number of para-hydroxylation sites is 1. The summed E-state index contributed by atoms with van der Waals surface area (Å²) in [6.45, 7) is 0. The van der Waals surface area contributed by atoms with Crippen LogP contribution >= 0.6 is 22.9 Å². The first-order valence-electron chi connectivity index (χ1n) is 9.73. The van der Waals surface area contributed by atoms with Gasteiger partial charge >= 0.3 is 0 Å². The molecular weight excluding hydrogens is 404 g/mol. The van der Waals surface area contributed by atoms with Crippen molar-refractivity contribution in [2.75, 3.05) is 4.90 Å². The predicted octanol–water partition coefficient (Wildman–Crippen LogP) is 4.44. The van der Waals surface area contributed by atoms with E-state index >= 15 is 0 Å². The average molecular weight is 427 g/mol. The van der Waals surface area contributed by atoms with Crippen LogP contribution in [0.15, 0.2) is 53.2 Å². The first-order valence-corrected chi connectivity index (χ1v) is 11.4. The summed E-state index contributed by atoms with van der Waals surface area (Å²) in [5, 5.41) is 10.7. The van der Waals surface area contributed by atoms with Crippen molar-refractivity contribution in [3.63, 3.8) is 0 Å². The van der Waals surface area contributed by atoms with Crippen LogP contribution in [0.25, 0.3) is 0 Å². The van der Waals surface area contributed by atoms with Gasteiger partial charge in [-0.2, -0.15) is 0 Å². The molecule has 1 N–H and O–H groups in total. The maximum absolute atomic E-state index is 13.5. The quantitative estimate of drug-likeness (QED) is 0.632. The summed E-state index contributed by atoms with van der Waals surface area (Å²) in [4.78, 5) is 29.2. The van der Waals surface area contributed by atoms with Crippen LogP contribution in [0.4, 0.5) is 5.69 Å². The van der Waals surface area contributed by atoms with E-state index in [4.69, 9.17) is 0 Å². The van der Waals surface area contributed by atoms with E-state index < -0.39 is 6.04 Å². The van der Waals surface area contributed by atoms with Gasteiger partial charge in [0.15, 0.2) is 11.7 Å². The Balaban J connectivity index is 1.72. The summed E-state index contributed by atoms with van der Waals surface area (Å²) < 4.78 is 3.83. The fourth-order valence-corrected chi connectivity index (χ4v) is 4.94.